The Hall–Kier alpha value is -9.99. The van der Waals surface area contributed by atoms with Crippen molar-refractivity contribution in [1.82, 2.24) is 39.3 Å². The standard InChI is InChI=1S/C24H18N.C20H15N4.C17H14N.C14H10N5.2C5H8O2.4Ir/c1-24(2)21-10-6-5-9-19(21)20-12-11-17(15-22(20)24)23-18-8-4-3-7-16(18)13-14-25-23;1-12(2)13-7-8-17-16(11-13)14-5-3-4-6-15(14)19-23-18-20(24(17)19)22-10-9-21-18;1-12-9-13(2)11-15(10-12)17-8-7-14-5-3-4-6-16(14)18-17;1-16-14-12(5-4-10(9-15)18-14)13-8-11(19(2)3)6-7-17-13;2*1-4(6)3-5(2)7;;;;/h3-10,12-15H,1-2H3;3-5,7-12H,1-2H3;3-10H,1-2H3;4,6-8H,2-3H3;2*3,6H,1-2H3;;;;/q4*-1;;;;;;. The number of carbonyl (C=O) groups excluding carboxylic acids is 2. The summed E-state index contributed by atoms with van der Waals surface area (Å²) in [4.78, 5) is 56.5. The number of benzene rings is 7. The van der Waals surface area contributed by atoms with Crippen molar-refractivity contribution in [3.8, 4) is 51.0 Å². The van der Waals surface area contributed by atoms with E-state index in [1.54, 1.807) is 18.6 Å². The Labute approximate surface area is 660 Å². The number of nitrogens with zero attached hydrogens (tertiary/aromatic N) is 11. The second kappa shape index (κ2) is 37.4. The maximum absolute atomic E-state index is 10.0. The first kappa shape index (κ1) is 83.0. The van der Waals surface area contributed by atoms with Crippen molar-refractivity contribution < 1.29 is 100 Å². The summed E-state index contributed by atoms with van der Waals surface area (Å²) in [6.45, 7) is 26.0. The van der Waals surface area contributed by atoms with Crippen molar-refractivity contribution in [3.05, 3.63) is 288 Å². The molecule has 0 saturated carbocycles. The first-order valence-electron chi connectivity index (χ1n) is 32.3. The molecule has 7 aromatic carbocycles. The average Bonchev–Trinajstić information content (AvgIpc) is 1.53. The molecule has 0 saturated heterocycles. The summed E-state index contributed by atoms with van der Waals surface area (Å²) in [5.41, 5.74) is 19.9. The largest absolute Gasteiger partial charge is 0.512 e. The molecular weight excluding hydrogens is 2010 g/mol. The predicted molar refractivity (Wildman–Crippen MR) is 401 cm³/mol. The van der Waals surface area contributed by atoms with Crippen LogP contribution in [0.1, 0.15) is 94.8 Å². The molecule has 0 spiro atoms. The van der Waals surface area contributed by atoms with E-state index in [-0.39, 0.29) is 120 Å². The van der Waals surface area contributed by atoms with Crippen LogP contribution in [0.5, 0.6) is 0 Å². The van der Waals surface area contributed by atoms with Crippen LogP contribution in [0.2, 0.25) is 0 Å². The molecule has 1 aliphatic carbocycles. The average molecular weight is 2080 g/mol. The van der Waals surface area contributed by atoms with Crippen LogP contribution in [-0.4, -0.2) is 75.2 Å². The van der Waals surface area contributed by atoms with Gasteiger partial charge < -0.3 is 34.3 Å². The molecule has 14 aromatic rings. The fourth-order valence-electron chi connectivity index (χ4n) is 11.9. The van der Waals surface area contributed by atoms with E-state index < -0.39 is 0 Å². The third-order valence-corrected chi connectivity index (χ3v) is 16.4. The number of rotatable bonds is 7. The Balaban J connectivity index is 0.000000204. The molecule has 0 bridgehead atoms. The van der Waals surface area contributed by atoms with Gasteiger partial charge >= 0.3 is 5.82 Å². The van der Waals surface area contributed by atoms with Crippen molar-refractivity contribution in [1.29, 1.82) is 5.26 Å². The van der Waals surface area contributed by atoms with Crippen molar-refractivity contribution in [2.75, 3.05) is 19.0 Å². The number of nitriles is 1. The smallest absolute Gasteiger partial charge is 0.321 e. The molecule has 532 valence electrons. The Morgan fingerprint density at radius 2 is 1.30 bits per heavy atom. The summed E-state index contributed by atoms with van der Waals surface area (Å²) < 4.78 is 2.10. The number of ketones is 2. The minimum Gasteiger partial charge on any atom is -0.512 e. The fourth-order valence-corrected chi connectivity index (χ4v) is 11.9. The zero-order valence-electron chi connectivity index (χ0n) is 59.2. The Morgan fingerprint density at radius 3 is 1.97 bits per heavy atom. The van der Waals surface area contributed by atoms with Crippen LogP contribution in [0.25, 0.3) is 110 Å². The zero-order chi connectivity index (χ0) is 71.4. The number of imidazole rings is 1. The van der Waals surface area contributed by atoms with Crippen molar-refractivity contribution in [3.63, 3.8) is 0 Å². The van der Waals surface area contributed by atoms with Crippen molar-refractivity contribution >= 4 is 83.4 Å². The zero-order valence-corrected chi connectivity index (χ0v) is 68.8. The van der Waals surface area contributed by atoms with E-state index in [0.29, 0.717) is 22.8 Å². The monoisotopic (exact) mass is 2080 g/mol. The Kier molecular flexibility index (Phi) is 29.9. The summed E-state index contributed by atoms with van der Waals surface area (Å²) >= 11 is 0. The molecule has 7 heterocycles. The minimum atomic E-state index is -0.125. The third-order valence-electron chi connectivity index (χ3n) is 16.4. The number of anilines is 1. The van der Waals surface area contributed by atoms with Crippen LogP contribution >= 0.6 is 0 Å². The minimum absolute atomic E-state index is 0. The topological polar surface area (TPSA) is 201 Å². The number of carbonyl (C=O) groups is 2. The quantitative estimate of drug-likeness (QED) is 0.0661. The number of hydrogen-bond acceptors (Lipinski definition) is 13. The van der Waals surface area contributed by atoms with Crippen LogP contribution in [0.15, 0.2) is 218 Å². The first-order chi connectivity index (χ1) is 48.0. The van der Waals surface area contributed by atoms with E-state index in [9.17, 15) is 9.59 Å². The van der Waals surface area contributed by atoms with E-state index in [2.05, 4.69) is 221 Å². The molecule has 0 unspecified atom stereocenters. The number of aliphatic hydroxyl groups is 2. The van der Waals surface area contributed by atoms with Gasteiger partial charge in [0.25, 0.3) is 0 Å². The van der Waals surface area contributed by atoms with Gasteiger partial charge in [0.05, 0.1) is 28.8 Å². The van der Waals surface area contributed by atoms with Gasteiger partial charge in [-0.15, -0.1) is 105 Å². The van der Waals surface area contributed by atoms with Crippen LogP contribution in [0.3, 0.4) is 0 Å². The summed E-state index contributed by atoms with van der Waals surface area (Å²) in [6, 6.07) is 73.1. The second-order valence-electron chi connectivity index (χ2n) is 25.0. The summed E-state index contributed by atoms with van der Waals surface area (Å²) in [5.74, 6) is 0.495. The molecule has 7 aromatic heterocycles. The number of aryl methyl sites for hydroxylation is 2. The van der Waals surface area contributed by atoms with Crippen LogP contribution < -0.4 is 4.90 Å². The molecule has 15 rings (SSSR count). The Morgan fingerprint density at radius 1 is 0.625 bits per heavy atom. The van der Waals surface area contributed by atoms with Gasteiger partial charge in [-0.3, -0.25) is 19.6 Å². The van der Waals surface area contributed by atoms with Crippen LogP contribution in [-0.2, 0) is 95.4 Å². The summed E-state index contributed by atoms with van der Waals surface area (Å²) in [6.07, 6.45) is 9.28. The Bertz CT molecular complexity index is 5520. The summed E-state index contributed by atoms with van der Waals surface area (Å²) in [7, 11) is 3.85. The van der Waals surface area contributed by atoms with E-state index >= 15 is 0 Å². The van der Waals surface area contributed by atoms with E-state index in [1.807, 2.05) is 73.7 Å². The predicted octanol–water partition coefficient (Wildman–Crippen LogP) is 19.3. The molecule has 15 nitrogen and oxygen atoms in total. The van der Waals surface area contributed by atoms with Crippen molar-refractivity contribution in [2.24, 2.45) is 0 Å². The van der Waals surface area contributed by atoms with Crippen LogP contribution in [0, 0.1) is 56.0 Å². The van der Waals surface area contributed by atoms with Gasteiger partial charge in [0.15, 0.2) is 28.6 Å². The number of pyridine rings is 5. The van der Waals surface area contributed by atoms with Gasteiger partial charge in [-0.05, 0) is 119 Å². The second-order valence-corrected chi connectivity index (χ2v) is 25.0. The normalized spacial score (nSPS) is 11.4. The molecule has 0 atom stereocenters. The molecule has 19 heteroatoms. The molecular formula is C85H73Ir4N11O4-4. The molecule has 0 amide bonds. The van der Waals surface area contributed by atoms with Crippen LogP contribution in [0.4, 0.5) is 11.5 Å². The van der Waals surface area contributed by atoms with Gasteiger partial charge in [-0.25, -0.2) is 9.97 Å². The van der Waals surface area contributed by atoms with Crippen molar-refractivity contribution in [2.45, 2.75) is 80.6 Å². The van der Waals surface area contributed by atoms with Gasteiger partial charge in [0.2, 0.25) is 0 Å². The molecule has 2 N–H and O–H groups in total. The summed E-state index contributed by atoms with van der Waals surface area (Å²) in [5, 5.41) is 32.4. The number of hydrogen-bond donors (Lipinski definition) is 2. The van der Waals surface area contributed by atoms with Gasteiger partial charge in [0, 0.05) is 143 Å². The maximum atomic E-state index is 10.0. The first-order valence-corrected chi connectivity index (χ1v) is 32.3. The number of aliphatic hydroxyl groups excluding tert-OH is 2. The molecule has 0 fully saturated rings. The number of allylic oxidation sites excluding steroid dienone is 4. The number of aromatic nitrogens is 8. The van der Waals surface area contributed by atoms with Gasteiger partial charge in [-0.1, -0.05) is 168 Å². The van der Waals surface area contributed by atoms with E-state index in [0.717, 1.165) is 66.9 Å². The molecule has 0 aliphatic heterocycles. The molecule has 104 heavy (non-hydrogen) atoms. The number of para-hydroxylation sites is 1. The third kappa shape index (κ3) is 19.6. The van der Waals surface area contributed by atoms with Gasteiger partial charge in [-0.2, -0.15) is 5.26 Å². The maximum Gasteiger partial charge on any atom is 0.321 e. The van der Waals surface area contributed by atoms with Gasteiger partial charge in [0.1, 0.15) is 0 Å². The fraction of sp³-hybridized carbons (Fsp3) is 0.165. The van der Waals surface area contributed by atoms with E-state index in [1.165, 1.54) is 101 Å². The van der Waals surface area contributed by atoms with E-state index in [4.69, 9.17) is 32.0 Å². The SMILES string of the molecule is CC(=O)C=C(C)O.CC(=O)C=C(C)O.CC(C)c1ccc2c(c1)c1ccc[c-]c1c1nc3nccnc3n21.CC1(C)c2ccccc2-c2c[c-]c(-c3nccc4ccccc34)cc21.Cc1[c-]c(-c2ccc3ccccc3n2)cc(C)c1.[C-]#[N+]c1nc(C#N)c[c-]c1-c1cc(N(C)C)ccn1.[Ir].[Ir].[Ir].[Ir]. The molecule has 4 radical (unpaired) electrons. The molecule has 1 aliphatic rings. The number of fused-ring (bicyclic) bond motifs is 13.